The Balaban J connectivity index is 2.15. The van der Waals surface area contributed by atoms with Crippen molar-refractivity contribution in [2.75, 3.05) is 19.6 Å². The van der Waals surface area contributed by atoms with Gasteiger partial charge in [-0.3, -0.25) is 0 Å². The summed E-state index contributed by atoms with van der Waals surface area (Å²) in [5.74, 6) is -0.341. The highest BCUT2D eigenvalue weighted by molar-refractivity contribution is 7.86. The SMILES string of the molecule is CCN(Cc1cccc(F)c1)S(=O)(=O)N1CCCC1. The highest BCUT2D eigenvalue weighted by Gasteiger charge is 2.30. The van der Waals surface area contributed by atoms with Crippen LogP contribution < -0.4 is 0 Å². The summed E-state index contributed by atoms with van der Waals surface area (Å²) in [4.78, 5) is 0. The van der Waals surface area contributed by atoms with Crippen molar-refractivity contribution >= 4 is 10.2 Å². The van der Waals surface area contributed by atoms with E-state index in [1.807, 2.05) is 0 Å². The van der Waals surface area contributed by atoms with Crippen molar-refractivity contribution in [3.8, 4) is 0 Å². The molecule has 0 radical (unpaired) electrons. The molecule has 1 fully saturated rings. The van der Waals surface area contributed by atoms with Crippen LogP contribution in [0.15, 0.2) is 24.3 Å². The molecular weight excluding hydrogens is 267 g/mol. The van der Waals surface area contributed by atoms with E-state index in [4.69, 9.17) is 0 Å². The number of rotatable bonds is 5. The summed E-state index contributed by atoms with van der Waals surface area (Å²) in [6.45, 7) is 3.57. The van der Waals surface area contributed by atoms with Gasteiger partial charge >= 0.3 is 0 Å². The minimum Gasteiger partial charge on any atom is -0.207 e. The lowest BCUT2D eigenvalue weighted by Gasteiger charge is -2.26. The molecule has 1 saturated heterocycles. The molecule has 1 aromatic carbocycles. The van der Waals surface area contributed by atoms with E-state index in [1.54, 1.807) is 19.1 Å². The summed E-state index contributed by atoms with van der Waals surface area (Å²) in [5, 5.41) is 0. The van der Waals surface area contributed by atoms with Gasteiger partial charge in [0, 0.05) is 26.2 Å². The maximum atomic E-state index is 13.1. The normalized spacial score (nSPS) is 17.2. The zero-order chi connectivity index (χ0) is 13.9. The van der Waals surface area contributed by atoms with Crippen LogP contribution in [0.3, 0.4) is 0 Å². The second-order valence-electron chi connectivity index (χ2n) is 4.67. The first kappa shape index (κ1) is 14.4. The molecule has 6 heteroatoms. The third-order valence-electron chi connectivity index (χ3n) is 3.32. The van der Waals surface area contributed by atoms with Gasteiger partial charge in [-0.2, -0.15) is 17.0 Å². The third kappa shape index (κ3) is 3.32. The van der Waals surface area contributed by atoms with Crippen LogP contribution in [0.4, 0.5) is 4.39 Å². The topological polar surface area (TPSA) is 40.6 Å². The van der Waals surface area contributed by atoms with E-state index in [2.05, 4.69) is 0 Å². The lowest BCUT2D eigenvalue weighted by Crippen LogP contribution is -2.41. The summed E-state index contributed by atoms with van der Waals surface area (Å²) in [5.41, 5.74) is 0.671. The summed E-state index contributed by atoms with van der Waals surface area (Å²) < 4.78 is 40.9. The Kier molecular flexibility index (Phi) is 4.54. The van der Waals surface area contributed by atoms with Crippen LogP contribution in [0.1, 0.15) is 25.3 Å². The van der Waals surface area contributed by atoms with E-state index in [1.165, 1.54) is 20.7 Å². The van der Waals surface area contributed by atoms with Crippen molar-refractivity contribution in [1.29, 1.82) is 0 Å². The van der Waals surface area contributed by atoms with Gasteiger partial charge < -0.3 is 0 Å². The predicted octanol–water partition coefficient (Wildman–Crippen LogP) is 1.99. The summed E-state index contributed by atoms with van der Waals surface area (Å²) in [6, 6.07) is 6.07. The van der Waals surface area contributed by atoms with Gasteiger partial charge in [0.05, 0.1) is 0 Å². The second kappa shape index (κ2) is 5.98. The van der Waals surface area contributed by atoms with Crippen molar-refractivity contribution in [3.05, 3.63) is 35.6 Å². The number of benzene rings is 1. The second-order valence-corrected chi connectivity index (χ2v) is 6.60. The van der Waals surface area contributed by atoms with Gasteiger partial charge in [0.25, 0.3) is 10.2 Å². The molecule has 1 aliphatic heterocycles. The van der Waals surface area contributed by atoms with Crippen molar-refractivity contribution in [2.24, 2.45) is 0 Å². The Morgan fingerprint density at radius 1 is 1.32 bits per heavy atom. The van der Waals surface area contributed by atoms with Crippen LogP contribution in [0, 0.1) is 5.82 Å². The zero-order valence-corrected chi connectivity index (χ0v) is 11.9. The maximum absolute atomic E-state index is 13.1. The van der Waals surface area contributed by atoms with Gasteiger partial charge in [-0.15, -0.1) is 0 Å². The first-order valence-electron chi connectivity index (χ1n) is 6.53. The third-order valence-corrected chi connectivity index (χ3v) is 5.38. The quantitative estimate of drug-likeness (QED) is 0.830. The van der Waals surface area contributed by atoms with Crippen LogP contribution >= 0.6 is 0 Å². The standard InChI is InChI=1S/C13H19FN2O2S/c1-2-15(11-12-6-5-7-13(14)10-12)19(17,18)16-8-3-4-9-16/h5-7,10H,2-4,8-9,11H2,1H3. The molecule has 0 atom stereocenters. The fourth-order valence-corrected chi connectivity index (χ4v) is 3.96. The fraction of sp³-hybridized carbons (Fsp3) is 0.538. The Morgan fingerprint density at radius 2 is 2.00 bits per heavy atom. The van der Waals surface area contributed by atoms with Gasteiger partial charge in [0.15, 0.2) is 0 Å². The molecule has 0 amide bonds. The molecule has 1 aliphatic rings. The van der Waals surface area contributed by atoms with Crippen LogP contribution in [0.2, 0.25) is 0 Å². The summed E-state index contributed by atoms with van der Waals surface area (Å²) in [6.07, 6.45) is 1.83. The smallest absolute Gasteiger partial charge is 0.207 e. The molecule has 0 saturated carbocycles. The van der Waals surface area contributed by atoms with Crippen LogP contribution in [0.5, 0.6) is 0 Å². The molecule has 1 heterocycles. The molecule has 0 bridgehead atoms. The number of hydrogen-bond acceptors (Lipinski definition) is 2. The fourth-order valence-electron chi connectivity index (χ4n) is 2.28. The Labute approximate surface area is 114 Å². The number of nitrogens with zero attached hydrogens (tertiary/aromatic N) is 2. The highest BCUT2D eigenvalue weighted by Crippen LogP contribution is 2.18. The average Bonchev–Trinajstić information content (AvgIpc) is 2.90. The summed E-state index contributed by atoms with van der Waals surface area (Å²) in [7, 11) is -3.42. The lowest BCUT2D eigenvalue weighted by atomic mass is 10.2. The van der Waals surface area contributed by atoms with Gasteiger partial charge in [0.2, 0.25) is 0 Å². The molecule has 1 aromatic rings. The van der Waals surface area contributed by atoms with E-state index in [0.29, 0.717) is 25.2 Å². The predicted molar refractivity (Wildman–Crippen MR) is 72.2 cm³/mol. The van der Waals surface area contributed by atoms with E-state index < -0.39 is 10.2 Å². The molecule has 0 aliphatic carbocycles. The van der Waals surface area contributed by atoms with Gasteiger partial charge in [0.1, 0.15) is 5.82 Å². The van der Waals surface area contributed by atoms with Crippen molar-refractivity contribution in [2.45, 2.75) is 26.3 Å². The number of hydrogen-bond donors (Lipinski definition) is 0. The first-order chi connectivity index (χ1) is 9.04. The monoisotopic (exact) mass is 286 g/mol. The lowest BCUT2D eigenvalue weighted by molar-refractivity contribution is 0.365. The zero-order valence-electron chi connectivity index (χ0n) is 11.0. The van der Waals surface area contributed by atoms with Crippen LogP contribution in [0.25, 0.3) is 0 Å². The average molecular weight is 286 g/mol. The highest BCUT2D eigenvalue weighted by atomic mass is 32.2. The van der Waals surface area contributed by atoms with Crippen molar-refractivity contribution < 1.29 is 12.8 Å². The van der Waals surface area contributed by atoms with Crippen molar-refractivity contribution in [1.82, 2.24) is 8.61 Å². The molecule has 0 N–H and O–H groups in total. The van der Waals surface area contributed by atoms with E-state index in [-0.39, 0.29) is 12.4 Å². The van der Waals surface area contributed by atoms with E-state index in [0.717, 1.165) is 12.8 Å². The summed E-state index contributed by atoms with van der Waals surface area (Å²) >= 11 is 0. The largest absolute Gasteiger partial charge is 0.282 e. The molecule has 0 aromatic heterocycles. The molecule has 0 spiro atoms. The van der Waals surface area contributed by atoms with Crippen molar-refractivity contribution in [3.63, 3.8) is 0 Å². The Bertz CT molecular complexity index is 527. The number of halogens is 1. The van der Waals surface area contributed by atoms with Crippen LogP contribution in [-0.2, 0) is 16.8 Å². The van der Waals surface area contributed by atoms with Gasteiger partial charge in [-0.25, -0.2) is 4.39 Å². The van der Waals surface area contributed by atoms with Gasteiger partial charge in [-0.1, -0.05) is 19.1 Å². The molecule has 19 heavy (non-hydrogen) atoms. The van der Waals surface area contributed by atoms with E-state index in [9.17, 15) is 12.8 Å². The molecular formula is C13H19FN2O2S. The minimum atomic E-state index is -3.42. The minimum absolute atomic E-state index is 0.215. The van der Waals surface area contributed by atoms with E-state index >= 15 is 0 Å². The maximum Gasteiger partial charge on any atom is 0.282 e. The first-order valence-corrected chi connectivity index (χ1v) is 7.93. The van der Waals surface area contributed by atoms with Crippen LogP contribution in [-0.4, -0.2) is 36.7 Å². The Morgan fingerprint density at radius 3 is 2.58 bits per heavy atom. The molecule has 0 unspecified atom stereocenters. The molecule has 2 rings (SSSR count). The van der Waals surface area contributed by atoms with Gasteiger partial charge in [-0.05, 0) is 30.5 Å². The molecule has 106 valence electrons. The molecule has 4 nitrogen and oxygen atoms in total. The Hall–Kier alpha value is -0.980.